The van der Waals surface area contributed by atoms with Crippen molar-refractivity contribution in [3.63, 3.8) is 0 Å². The van der Waals surface area contributed by atoms with Crippen LogP contribution in [0.2, 0.25) is 0 Å². The van der Waals surface area contributed by atoms with Gasteiger partial charge >= 0.3 is 5.63 Å². The summed E-state index contributed by atoms with van der Waals surface area (Å²) in [4.78, 5) is 26.9. The predicted octanol–water partition coefficient (Wildman–Crippen LogP) is 3.84. The van der Waals surface area contributed by atoms with Gasteiger partial charge in [-0.3, -0.25) is 4.79 Å². The summed E-state index contributed by atoms with van der Waals surface area (Å²) in [5.41, 5.74) is 4.45. The van der Waals surface area contributed by atoms with Gasteiger partial charge in [-0.1, -0.05) is 17.7 Å². The minimum Gasteiger partial charge on any atom is -0.423 e. The molecule has 0 saturated heterocycles. The molecule has 0 unspecified atom stereocenters. The Bertz CT molecular complexity index is 1230. The van der Waals surface area contributed by atoms with Gasteiger partial charge in [-0.25, -0.2) is 4.79 Å². The molecule has 4 rings (SSSR count). The van der Waals surface area contributed by atoms with Crippen molar-refractivity contribution in [2.24, 2.45) is 0 Å². The Hall–Kier alpha value is -3.14. The van der Waals surface area contributed by atoms with Crippen LogP contribution in [-0.2, 0) is 6.42 Å². The van der Waals surface area contributed by atoms with Crippen LogP contribution in [0, 0.1) is 13.8 Å². The normalized spacial score (nSPS) is 11.3. The van der Waals surface area contributed by atoms with Crippen LogP contribution in [0.5, 0.6) is 0 Å². The monoisotopic (exact) mass is 331 g/mol. The van der Waals surface area contributed by atoms with Crippen LogP contribution in [0.15, 0.2) is 62.5 Å². The first-order chi connectivity index (χ1) is 12.0. The fourth-order valence-corrected chi connectivity index (χ4v) is 3.11. The average Bonchev–Trinajstić information content (AvgIpc) is 2.57. The fraction of sp³-hybridized carbons (Fsp3) is 0.143. The maximum absolute atomic E-state index is 12.4. The summed E-state index contributed by atoms with van der Waals surface area (Å²) in [7, 11) is 0. The second kappa shape index (κ2) is 5.74. The molecule has 0 aliphatic heterocycles. The lowest BCUT2D eigenvalue weighted by molar-refractivity contribution is 0.555. The molecule has 25 heavy (non-hydrogen) atoms. The number of aromatic amines is 1. The van der Waals surface area contributed by atoms with Gasteiger partial charge in [-0.05, 0) is 61.2 Å². The zero-order valence-corrected chi connectivity index (χ0v) is 14.1. The largest absolute Gasteiger partial charge is 0.423 e. The molecule has 0 atom stereocenters. The van der Waals surface area contributed by atoms with E-state index < -0.39 is 0 Å². The molecule has 0 aliphatic carbocycles. The van der Waals surface area contributed by atoms with E-state index in [0.717, 1.165) is 27.4 Å². The summed E-state index contributed by atoms with van der Waals surface area (Å²) in [5, 5.41) is 1.89. The molecule has 0 fully saturated rings. The van der Waals surface area contributed by atoms with Crippen molar-refractivity contribution in [2.75, 3.05) is 0 Å². The van der Waals surface area contributed by atoms with E-state index in [2.05, 4.69) is 11.1 Å². The third kappa shape index (κ3) is 2.87. The van der Waals surface area contributed by atoms with E-state index in [1.165, 1.54) is 0 Å². The predicted molar refractivity (Wildman–Crippen MR) is 99.3 cm³/mol. The van der Waals surface area contributed by atoms with Gasteiger partial charge in [0, 0.05) is 28.5 Å². The van der Waals surface area contributed by atoms with Gasteiger partial charge in [-0.15, -0.1) is 0 Å². The van der Waals surface area contributed by atoms with E-state index in [-0.39, 0.29) is 11.2 Å². The van der Waals surface area contributed by atoms with Crippen LogP contribution in [-0.4, -0.2) is 4.98 Å². The van der Waals surface area contributed by atoms with Gasteiger partial charge in [-0.2, -0.15) is 0 Å². The molecule has 0 bridgehead atoms. The van der Waals surface area contributed by atoms with Crippen molar-refractivity contribution in [1.29, 1.82) is 0 Å². The number of hydrogen-bond donors (Lipinski definition) is 1. The highest BCUT2D eigenvalue weighted by Gasteiger charge is 2.07. The van der Waals surface area contributed by atoms with Crippen LogP contribution in [0.1, 0.15) is 22.3 Å². The SMILES string of the molecule is Cc1ccc2[nH]c(=O)c(Cc3ccc4oc(=O)c(C)cc4c3)cc2c1. The first-order valence-electron chi connectivity index (χ1n) is 8.15. The number of fused-ring (bicyclic) bond motifs is 2. The first kappa shape index (κ1) is 15.4. The molecule has 2 aromatic carbocycles. The second-order valence-corrected chi connectivity index (χ2v) is 6.48. The van der Waals surface area contributed by atoms with E-state index in [4.69, 9.17) is 4.42 Å². The number of aromatic nitrogens is 1. The lowest BCUT2D eigenvalue weighted by atomic mass is 10.0. The Kier molecular flexibility index (Phi) is 3.53. The highest BCUT2D eigenvalue weighted by molar-refractivity contribution is 5.80. The van der Waals surface area contributed by atoms with Crippen molar-refractivity contribution in [3.05, 3.63) is 91.6 Å². The summed E-state index contributed by atoms with van der Waals surface area (Å²) in [6.07, 6.45) is 0.521. The van der Waals surface area contributed by atoms with Crippen LogP contribution >= 0.6 is 0 Å². The minimum absolute atomic E-state index is 0.0766. The van der Waals surface area contributed by atoms with Crippen LogP contribution in [0.3, 0.4) is 0 Å². The number of nitrogens with one attached hydrogen (secondary N) is 1. The zero-order valence-electron chi connectivity index (χ0n) is 14.1. The smallest absolute Gasteiger partial charge is 0.339 e. The number of H-pyrrole nitrogens is 1. The molecule has 4 nitrogen and oxygen atoms in total. The highest BCUT2D eigenvalue weighted by Crippen LogP contribution is 2.19. The number of pyridine rings is 1. The minimum atomic E-state index is -0.318. The number of hydrogen-bond acceptors (Lipinski definition) is 3. The molecule has 2 heterocycles. The molecular formula is C21H17NO3. The van der Waals surface area contributed by atoms with E-state index in [9.17, 15) is 9.59 Å². The Morgan fingerprint density at radius 2 is 1.76 bits per heavy atom. The quantitative estimate of drug-likeness (QED) is 0.568. The number of rotatable bonds is 2. The third-order valence-electron chi connectivity index (χ3n) is 4.44. The van der Waals surface area contributed by atoms with Crippen LogP contribution < -0.4 is 11.2 Å². The number of aryl methyl sites for hydroxylation is 2. The fourth-order valence-electron chi connectivity index (χ4n) is 3.11. The molecule has 0 saturated carbocycles. The molecule has 0 radical (unpaired) electrons. The summed E-state index contributed by atoms with van der Waals surface area (Å²) in [6.45, 7) is 3.76. The Morgan fingerprint density at radius 1 is 0.920 bits per heavy atom. The van der Waals surface area contributed by atoms with Gasteiger partial charge in [0.1, 0.15) is 5.58 Å². The van der Waals surface area contributed by atoms with Gasteiger partial charge in [0.2, 0.25) is 0 Å². The van der Waals surface area contributed by atoms with Gasteiger partial charge in [0.15, 0.2) is 0 Å². The zero-order chi connectivity index (χ0) is 17.6. The molecule has 0 aliphatic rings. The Balaban J connectivity index is 1.79. The van der Waals surface area contributed by atoms with Crippen molar-refractivity contribution < 1.29 is 4.42 Å². The van der Waals surface area contributed by atoms with E-state index in [1.807, 2.05) is 43.3 Å². The molecule has 2 aromatic heterocycles. The molecule has 1 N–H and O–H groups in total. The molecular weight excluding hydrogens is 314 g/mol. The highest BCUT2D eigenvalue weighted by atomic mass is 16.4. The van der Waals surface area contributed by atoms with Crippen molar-refractivity contribution in [2.45, 2.75) is 20.3 Å². The van der Waals surface area contributed by atoms with Gasteiger partial charge in [0.05, 0.1) is 0 Å². The maximum atomic E-state index is 12.4. The Labute approximate surface area is 143 Å². The van der Waals surface area contributed by atoms with Crippen molar-refractivity contribution in [3.8, 4) is 0 Å². The standard InChI is InChI=1S/C21H17NO3/c1-12-3-5-18-15(7-12)11-17(20(23)22-18)10-14-4-6-19-16(9-14)8-13(2)21(24)25-19/h3-9,11H,10H2,1-2H3,(H,22,23). The van der Waals surface area contributed by atoms with Gasteiger partial charge < -0.3 is 9.40 Å². The van der Waals surface area contributed by atoms with Crippen LogP contribution in [0.25, 0.3) is 21.9 Å². The summed E-state index contributed by atoms with van der Waals surface area (Å²) < 4.78 is 5.27. The van der Waals surface area contributed by atoms with E-state index in [1.54, 1.807) is 13.0 Å². The lowest BCUT2D eigenvalue weighted by Crippen LogP contribution is -2.12. The Morgan fingerprint density at radius 3 is 2.60 bits per heavy atom. The van der Waals surface area contributed by atoms with E-state index in [0.29, 0.717) is 23.1 Å². The average molecular weight is 331 g/mol. The molecule has 4 heteroatoms. The lowest BCUT2D eigenvalue weighted by Gasteiger charge is -2.06. The molecule has 0 amide bonds. The van der Waals surface area contributed by atoms with Crippen molar-refractivity contribution in [1.82, 2.24) is 4.98 Å². The molecule has 124 valence electrons. The van der Waals surface area contributed by atoms with E-state index >= 15 is 0 Å². The second-order valence-electron chi connectivity index (χ2n) is 6.48. The number of benzene rings is 2. The van der Waals surface area contributed by atoms with Crippen LogP contribution in [0.4, 0.5) is 0 Å². The third-order valence-corrected chi connectivity index (χ3v) is 4.44. The maximum Gasteiger partial charge on any atom is 0.339 e. The summed E-state index contributed by atoms with van der Waals surface area (Å²) in [5.74, 6) is 0. The topological polar surface area (TPSA) is 63.1 Å². The summed E-state index contributed by atoms with van der Waals surface area (Å²) >= 11 is 0. The van der Waals surface area contributed by atoms with Gasteiger partial charge in [0.25, 0.3) is 5.56 Å². The summed E-state index contributed by atoms with van der Waals surface area (Å²) in [6, 6.07) is 15.4. The van der Waals surface area contributed by atoms with Crippen molar-refractivity contribution >= 4 is 21.9 Å². The first-order valence-corrected chi connectivity index (χ1v) is 8.15. The molecule has 4 aromatic rings. The molecule has 0 spiro atoms.